The third-order valence-electron chi connectivity index (χ3n) is 3.48. The van der Waals surface area contributed by atoms with Gasteiger partial charge in [-0.2, -0.15) is 0 Å². The molecule has 0 saturated carbocycles. The maximum absolute atomic E-state index is 13.9. The number of hydrogen-bond donors (Lipinski definition) is 2. The van der Waals surface area contributed by atoms with Crippen LogP contribution in [-0.2, 0) is 19.6 Å². The summed E-state index contributed by atoms with van der Waals surface area (Å²) in [4.78, 5) is 23.4. The van der Waals surface area contributed by atoms with Gasteiger partial charge in [-0.05, 0) is 30.3 Å². The van der Waals surface area contributed by atoms with Crippen LogP contribution in [0.2, 0.25) is 15.1 Å². The van der Waals surface area contributed by atoms with E-state index >= 15 is 0 Å². The SMILES string of the molecule is C=CCNS(=O)(=O)c1cc(C(=O)OCC(=O)Nc2c(Cl)cc(Cl)cc2Cl)ccc1F. The van der Waals surface area contributed by atoms with Crippen LogP contribution in [0.25, 0.3) is 0 Å². The first-order chi connectivity index (χ1) is 14.0. The summed E-state index contributed by atoms with van der Waals surface area (Å²) in [5.41, 5.74) is -0.196. The lowest BCUT2D eigenvalue weighted by atomic mass is 10.2. The predicted octanol–water partition coefficient (Wildman–Crippen LogP) is 4.05. The topological polar surface area (TPSA) is 102 Å². The Labute approximate surface area is 186 Å². The zero-order valence-corrected chi connectivity index (χ0v) is 18.1. The molecule has 0 aliphatic carbocycles. The standard InChI is InChI=1S/C18H14Cl3FN2O5S/c1-2-5-23-30(27,28)15-6-10(3-4-14(15)22)18(26)29-9-16(25)24-17-12(20)7-11(19)8-13(17)21/h2-4,6-8,23H,1,5,9H2,(H,24,25). The van der Waals surface area contributed by atoms with Crippen LogP contribution in [0.5, 0.6) is 0 Å². The summed E-state index contributed by atoms with van der Waals surface area (Å²) in [5, 5.41) is 2.78. The smallest absolute Gasteiger partial charge is 0.338 e. The number of hydrogen-bond acceptors (Lipinski definition) is 5. The average Bonchev–Trinajstić information content (AvgIpc) is 2.67. The van der Waals surface area contributed by atoms with E-state index in [4.69, 9.17) is 39.5 Å². The molecular weight excluding hydrogens is 482 g/mol. The van der Waals surface area contributed by atoms with Crippen LogP contribution in [0, 0.1) is 5.82 Å². The molecule has 0 aliphatic heterocycles. The first-order valence-electron chi connectivity index (χ1n) is 8.06. The molecule has 0 atom stereocenters. The Bertz CT molecular complexity index is 1090. The van der Waals surface area contributed by atoms with Gasteiger partial charge in [-0.15, -0.1) is 6.58 Å². The first-order valence-corrected chi connectivity index (χ1v) is 10.7. The second-order valence-corrected chi connectivity index (χ2v) is 8.64. The molecule has 0 heterocycles. The highest BCUT2D eigenvalue weighted by Crippen LogP contribution is 2.33. The fourth-order valence-corrected chi connectivity index (χ4v) is 4.15. The number of sulfonamides is 1. The lowest BCUT2D eigenvalue weighted by Gasteiger charge is -2.11. The molecule has 0 aromatic heterocycles. The van der Waals surface area contributed by atoms with Crippen molar-refractivity contribution in [2.45, 2.75) is 4.90 Å². The predicted molar refractivity (Wildman–Crippen MR) is 112 cm³/mol. The monoisotopic (exact) mass is 494 g/mol. The summed E-state index contributed by atoms with van der Waals surface area (Å²) in [5.74, 6) is -2.87. The Morgan fingerprint density at radius 3 is 2.37 bits per heavy atom. The number of carbonyl (C=O) groups is 2. The van der Waals surface area contributed by atoms with Crippen molar-refractivity contribution in [2.24, 2.45) is 0 Å². The third kappa shape index (κ3) is 6.16. The van der Waals surface area contributed by atoms with E-state index in [1.165, 1.54) is 18.2 Å². The molecular formula is C18H14Cl3FN2O5S. The van der Waals surface area contributed by atoms with Crippen LogP contribution in [-0.4, -0.2) is 33.4 Å². The summed E-state index contributed by atoms with van der Waals surface area (Å²) in [7, 11) is -4.22. The van der Waals surface area contributed by atoms with Crippen molar-refractivity contribution < 1.29 is 27.1 Å². The van der Waals surface area contributed by atoms with Gasteiger partial charge in [-0.25, -0.2) is 22.3 Å². The Morgan fingerprint density at radius 1 is 1.13 bits per heavy atom. The minimum Gasteiger partial charge on any atom is -0.452 e. The van der Waals surface area contributed by atoms with Gasteiger partial charge in [0.15, 0.2) is 6.61 Å². The van der Waals surface area contributed by atoms with Gasteiger partial charge in [-0.3, -0.25) is 4.79 Å². The number of benzene rings is 2. The van der Waals surface area contributed by atoms with Crippen LogP contribution in [0.3, 0.4) is 0 Å². The summed E-state index contributed by atoms with van der Waals surface area (Å²) in [6.45, 7) is 2.49. The number of halogens is 4. The van der Waals surface area contributed by atoms with Crippen molar-refractivity contribution in [3.05, 3.63) is 69.4 Å². The highest BCUT2D eigenvalue weighted by Gasteiger charge is 2.21. The van der Waals surface area contributed by atoms with Crippen LogP contribution in [0.4, 0.5) is 10.1 Å². The quantitative estimate of drug-likeness (QED) is 0.425. The van der Waals surface area contributed by atoms with Crippen LogP contribution in [0.1, 0.15) is 10.4 Å². The van der Waals surface area contributed by atoms with Crippen molar-refractivity contribution in [3.8, 4) is 0 Å². The lowest BCUT2D eigenvalue weighted by Crippen LogP contribution is -2.25. The highest BCUT2D eigenvalue weighted by atomic mass is 35.5. The molecule has 30 heavy (non-hydrogen) atoms. The molecule has 1 amide bonds. The normalized spacial score (nSPS) is 11.1. The molecule has 7 nitrogen and oxygen atoms in total. The first kappa shape index (κ1) is 24.1. The van der Waals surface area contributed by atoms with Gasteiger partial charge in [0.05, 0.1) is 21.3 Å². The number of nitrogens with one attached hydrogen (secondary N) is 2. The fraction of sp³-hybridized carbons (Fsp3) is 0.111. The summed E-state index contributed by atoms with van der Waals surface area (Å²) in [6.07, 6.45) is 1.27. The minimum absolute atomic E-state index is 0.0761. The third-order valence-corrected chi connectivity index (χ3v) is 5.73. The minimum atomic E-state index is -4.22. The van der Waals surface area contributed by atoms with E-state index in [-0.39, 0.29) is 32.9 Å². The molecule has 0 fully saturated rings. The van der Waals surface area contributed by atoms with E-state index in [9.17, 15) is 22.4 Å². The number of amides is 1. The van der Waals surface area contributed by atoms with Gasteiger partial charge in [-0.1, -0.05) is 40.9 Å². The Morgan fingerprint density at radius 2 is 1.77 bits per heavy atom. The molecule has 0 spiro atoms. The largest absolute Gasteiger partial charge is 0.452 e. The van der Waals surface area contributed by atoms with Crippen molar-refractivity contribution >= 4 is 62.4 Å². The van der Waals surface area contributed by atoms with Crippen LogP contribution >= 0.6 is 34.8 Å². The number of ether oxygens (including phenoxy) is 1. The Kier molecular flexibility index (Phi) is 8.22. The maximum atomic E-state index is 13.9. The molecule has 2 aromatic carbocycles. The summed E-state index contributed by atoms with van der Waals surface area (Å²) < 4.78 is 45.0. The number of anilines is 1. The van der Waals surface area contributed by atoms with E-state index < -0.39 is 39.2 Å². The maximum Gasteiger partial charge on any atom is 0.338 e. The van der Waals surface area contributed by atoms with Crippen LogP contribution in [0.15, 0.2) is 47.9 Å². The van der Waals surface area contributed by atoms with Gasteiger partial charge in [0.2, 0.25) is 10.0 Å². The van der Waals surface area contributed by atoms with E-state index in [1.807, 2.05) is 0 Å². The molecule has 2 N–H and O–H groups in total. The van der Waals surface area contributed by atoms with Crippen molar-refractivity contribution in [3.63, 3.8) is 0 Å². The molecule has 160 valence electrons. The fourth-order valence-electron chi connectivity index (χ4n) is 2.13. The second kappa shape index (κ2) is 10.2. The zero-order valence-electron chi connectivity index (χ0n) is 15.0. The van der Waals surface area contributed by atoms with Crippen LogP contribution < -0.4 is 10.0 Å². The number of rotatable bonds is 8. The molecule has 2 rings (SSSR count). The van der Waals surface area contributed by atoms with Gasteiger partial charge in [0.25, 0.3) is 5.91 Å². The van der Waals surface area contributed by atoms with E-state index in [1.54, 1.807) is 0 Å². The van der Waals surface area contributed by atoms with Gasteiger partial charge in [0.1, 0.15) is 10.7 Å². The zero-order chi connectivity index (χ0) is 22.5. The number of carbonyl (C=O) groups excluding carboxylic acids is 2. The molecule has 0 aliphatic rings. The van der Waals surface area contributed by atoms with Crippen molar-refractivity contribution in [1.29, 1.82) is 0 Å². The number of esters is 1. The molecule has 12 heteroatoms. The second-order valence-electron chi connectivity index (χ2n) is 5.65. The molecule has 0 radical (unpaired) electrons. The molecule has 0 saturated heterocycles. The average molecular weight is 496 g/mol. The van der Waals surface area contributed by atoms with E-state index in [0.29, 0.717) is 0 Å². The molecule has 2 aromatic rings. The Hall–Kier alpha value is -2.17. The van der Waals surface area contributed by atoms with Gasteiger partial charge in [0, 0.05) is 11.6 Å². The Balaban J connectivity index is 2.09. The van der Waals surface area contributed by atoms with Crippen molar-refractivity contribution in [1.82, 2.24) is 4.72 Å². The lowest BCUT2D eigenvalue weighted by molar-refractivity contribution is -0.119. The van der Waals surface area contributed by atoms with E-state index in [2.05, 4.69) is 16.6 Å². The van der Waals surface area contributed by atoms with E-state index in [0.717, 1.165) is 18.2 Å². The summed E-state index contributed by atoms with van der Waals surface area (Å²) in [6, 6.07) is 5.34. The molecule has 0 unspecified atom stereocenters. The van der Waals surface area contributed by atoms with Gasteiger partial charge >= 0.3 is 5.97 Å². The van der Waals surface area contributed by atoms with Crippen molar-refractivity contribution in [2.75, 3.05) is 18.5 Å². The highest BCUT2D eigenvalue weighted by molar-refractivity contribution is 7.89. The van der Waals surface area contributed by atoms with Gasteiger partial charge < -0.3 is 10.1 Å². The summed E-state index contributed by atoms with van der Waals surface area (Å²) >= 11 is 17.7. The molecule has 0 bridgehead atoms.